The van der Waals surface area contributed by atoms with E-state index >= 15 is 0 Å². The van der Waals surface area contributed by atoms with Crippen LogP contribution in [0.25, 0.3) is 0 Å². The lowest BCUT2D eigenvalue weighted by Gasteiger charge is -2.43. The van der Waals surface area contributed by atoms with E-state index in [1.807, 2.05) is 22.6 Å². The minimum Gasteiger partial charge on any atom is -0.493 e. The zero-order chi connectivity index (χ0) is 28.8. The van der Waals surface area contributed by atoms with Gasteiger partial charge in [-0.25, -0.2) is 4.39 Å². The molecule has 2 amide bonds. The van der Waals surface area contributed by atoms with E-state index in [0.29, 0.717) is 21.0 Å². The number of nitrogens with one attached hydrogen (secondary N) is 1. The summed E-state index contributed by atoms with van der Waals surface area (Å²) < 4.78 is 25.8. The quantitative estimate of drug-likeness (QED) is 0.249. The fraction of sp³-hybridized carbons (Fsp3) is 0.414. The zero-order valence-corrected chi connectivity index (χ0v) is 24.2. The highest BCUT2D eigenvalue weighted by molar-refractivity contribution is 14.1. The Morgan fingerprint density at radius 2 is 1.95 bits per heavy atom. The Bertz CT molecular complexity index is 1270. The number of nitrogens with zero attached hydrogens (tertiary/aromatic N) is 1. The summed E-state index contributed by atoms with van der Waals surface area (Å²) in [4.78, 5) is 39.6. The van der Waals surface area contributed by atoms with Gasteiger partial charge in [-0.3, -0.25) is 14.4 Å². The van der Waals surface area contributed by atoms with Crippen molar-refractivity contribution >= 4 is 40.7 Å². The van der Waals surface area contributed by atoms with Crippen LogP contribution in [0.15, 0.2) is 48.0 Å². The third-order valence-corrected chi connectivity index (χ3v) is 8.06. The van der Waals surface area contributed by atoms with Crippen LogP contribution in [0.1, 0.15) is 41.6 Å². The Labute approximate surface area is 245 Å². The van der Waals surface area contributed by atoms with Crippen molar-refractivity contribution in [1.29, 1.82) is 0 Å². The van der Waals surface area contributed by atoms with E-state index in [-0.39, 0.29) is 55.0 Å². The van der Waals surface area contributed by atoms with Crippen molar-refractivity contribution in [1.82, 2.24) is 10.2 Å². The highest BCUT2D eigenvalue weighted by atomic mass is 127. The number of benzene rings is 2. The van der Waals surface area contributed by atoms with Crippen LogP contribution in [-0.4, -0.2) is 71.7 Å². The van der Waals surface area contributed by atoms with Crippen LogP contribution in [0.4, 0.5) is 4.39 Å². The van der Waals surface area contributed by atoms with E-state index in [9.17, 15) is 29.0 Å². The molecule has 0 heterocycles. The van der Waals surface area contributed by atoms with Gasteiger partial charge in [0.15, 0.2) is 11.5 Å². The molecule has 0 aliphatic heterocycles. The molecule has 0 aromatic heterocycles. The molecule has 2 aliphatic rings. The maximum atomic E-state index is 13.7. The summed E-state index contributed by atoms with van der Waals surface area (Å²) in [6.45, 7) is -0.0983. The van der Waals surface area contributed by atoms with Crippen LogP contribution >= 0.6 is 22.6 Å². The summed E-state index contributed by atoms with van der Waals surface area (Å²) in [6, 6.07) is 8.10. The van der Waals surface area contributed by atoms with Gasteiger partial charge in [-0.1, -0.05) is 18.6 Å². The number of carbonyl (C=O) groups excluding carboxylic acids is 3. The summed E-state index contributed by atoms with van der Waals surface area (Å²) >= 11 is 2.00. The van der Waals surface area contributed by atoms with E-state index in [4.69, 9.17) is 9.47 Å². The van der Waals surface area contributed by atoms with E-state index in [1.165, 1.54) is 31.4 Å². The first-order chi connectivity index (χ1) is 19.2. The largest absolute Gasteiger partial charge is 0.493 e. The second-order valence-electron chi connectivity index (χ2n) is 9.89. The Balaban J connectivity index is 1.72. The van der Waals surface area contributed by atoms with Crippen LogP contribution in [0.2, 0.25) is 0 Å². The number of hydrogen-bond acceptors (Lipinski definition) is 7. The molecule has 2 aliphatic carbocycles. The van der Waals surface area contributed by atoms with Crippen molar-refractivity contribution in [3.05, 3.63) is 68.6 Å². The molecule has 1 saturated carbocycles. The molecule has 0 spiro atoms. The molecule has 0 radical (unpaired) electrons. The Morgan fingerprint density at radius 3 is 2.55 bits per heavy atom. The van der Waals surface area contributed by atoms with Gasteiger partial charge < -0.3 is 29.9 Å². The van der Waals surface area contributed by atoms with Gasteiger partial charge in [-0.2, -0.15) is 0 Å². The predicted octanol–water partition coefficient (Wildman–Crippen LogP) is 3.00. The van der Waals surface area contributed by atoms with Crippen LogP contribution in [-0.2, 0) is 16.1 Å². The molecule has 4 rings (SSSR count). The number of amides is 2. The van der Waals surface area contributed by atoms with Gasteiger partial charge in [0.2, 0.25) is 11.8 Å². The third-order valence-electron chi connectivity index (χ3n) is 7.26. The van der Waals surface area contributed by atoms with Crippen molar-refractivity contribution in [3.63, 3.8) is 0 Å². The molecule has 2 aromatic rings. The topological polar surface area (TPSA) is 125 Å². The molecule has 9 nitrogen and oxygen atoms in total. The number of aldehydes is 1. The number of aliphatic hydroxyl groups excluding tert-OH is 2. The highest BCUT2D eigenvalue weighted by Gasteiger charge is 2.43. The smallest absolute Gasteiger partial charge is 0.247 e. The molecule has 2 aromatic carbocycles. The summed E-state index contributed by atoms with van der Waals surface area (Å²) in [5.74, 6) is -0.631. The van der Waals surface area contributed by atoms with Gasteiger partial charge in [-0.05, 0) is 71.3 Å². The molecule has 3 N–H and O–H groups in total. The lowest BCUT2D eigenvalue weighted by molar-refractivity contribution is -0.146. The summed E-state index contributed by atoms with van der Waals surface area (Å²) in [7, 11) is 1.43. The van der Waals surface area contributed by atoms with Crippen molar-refractivity contribution in [2.24, 2.45) is 5.92 Å². The van der Waals surface area contributed by atoms with Crippen molar-refractivity contribution in [3.8, 4) is 11.5 Å². The average molecular weight is 666 g/mol. The van der Waals surface area contributed by atoms with Crippen molar-refractivity contribution in [2.45, 2.75) is 50.5 Å². The summed E-state index contributed by atoms with van der Waals surface area (Å²) in [6.07, 6.45) is 2.37. The minimum absolute atomic E-state index is 0.0358. The molecule has 0 saturated heterocycles. The van der Waals surface area contributed by atoms with E-state index < -0.39 is 30.0 Å². The molecule has 0 bridgehead atoms. The van der Waals surface area contributed by atoms with E-state index in [1.54, 1.807) is 23.1 Å². The lowest BCUT2D eigenvalue weighted by Crippen LogP contribution is -2.56. The SMILES string of the molecule is COc1cc(C=O)cc(I)c1OC1C=C(C(=O)NCCO)CC(N(Cc2ccc(F)cc2)C(=O)C2CCC2)C1O. The van der Waals surface area contributed by atoms with Crippen LogP contribution in [0.3, 0.4) is 0 Å². The maximum absolute atomic E-state index is 13.7. The molecule has 1 fully saturated rings. The van der Waals surface area contributed by atoms with Gasteiger partial charge in [0.1, 0.15) is 24.3 Å². The van der Waals surface area contributed by atoms with Gasteiger partial charge >= 0.3 is 0 Å². The monoisotopic (exact) mass is 666 g/mol. The second-order valence-corrected chi connectivity index (χ2v) is 11.1. The number of carbonyl (C=O) groups is 3. The maximum Gasteiger partial charge on any atom is 0.247 e. The predicted molar refractivity (Wildman–Crippen MR) is 152 cm³/mol. The fourth-order valence-corrected chi connectivity index (χ4v) is 5.63. The second kappa shape index (κ2) is 13.6. The zero-order valence-electron chi connectivity index (χ0n) is 22.0. The van der Waals surface area contributed by atoms with Crippen molar-refractivity contribution < 1.29 is 38.5 Å². The van der Waals surface area contributed by atoms with Gasteiger partial charge in [0.25, 0.3) is 0 Å². The Kier molecular flexibility index (Phi) is 10.1. The standard InChI is InChI=1S/C29H32FIN2O7/c1-39-25-12-18(16-35)11-22(31)27(25)40-24-14-20(28(37)32-9-10-34)13-23(26(24)36)33(29(38)19-3-2-4-19)15-17-5-7-21(30)8-6-17/h5-8,11-12,14,16,19,23-24,26,34,36H,2-4,9-10,13,15H2,1H3,(H,32,37). The van der Waals surface area contributed by atoms with E-state index in [0.717, 1.165) is 19.3 Å². The number of hydrogen-bond donors (Lipinski definition) is 3. The molecule has 11 heteroatoms. The minimum atomic E-state index is -1.23. The van der Waals surface area contributed by atoms with Gasteiger partial charge in [0, 0.05) is 36.6 Å². The third kappa shape index (κ3) is 6.81. The number of methoxy groups -OCH3 is 1. The van der Waals surface area contributed by atoms with Crippen molar-refractivity contribution in [2.75, 3.05) is 20.3 Å². The number of ether oxygens (including phenoxy) is 2. The molecular formula is C29H32FIN2O7. The first kappa shape index (κ1) is 29.9. The van der Waals surface area contributed by atoms with Crippen LogP contribution < -0.4 is 14.8 Å². The summed E-state index contributed by atoms with van der Waals surface area (Å²) in [5, 5.41) is 23.5. The molecule has 3 atom stereocenters. The van der Waals surface area contributed by atoms with Crippen LogP contribution in [0.5, 0.6) is 11.5 Å². The number of rotatable bonds is 11. The van der Waals surface area contributed by atoms with Gasteiger partial charge in [0.05, 0.1) is 23.3 Å². The normalized spacial score (nSPS) is 20.6. The first-order valence-electron chi connectivity index (χ1n) is 13.1. The van der Waals surface area contributed by atoms with Crippen LogP contribution in [0, 0.1) is 15.3 Å². The number of halogens is 2. The Morgan fingerprint density at radius 1 is 1.23 bits per heavy atom. The fourth-order valence-electron chi connectivity index (χ4n) is 4.87. The lowest BCUT2D eigenvalue weighted by atomic mass is 9.82. The molecule has 40 heavy (non-hydrogen) atoms. The Hall–Kier alpha value is -3.03. The summed E-state index contributed by atoms with van der Waals surface area (Å²) in [5.41, 5.74) is 1.35. The first-order valence-corrected chi connectivity index (χ1v) is 14.2. The highest BCUT2D eigenvalue weighted by Crippen LogP contribution is 2.38. The molecule has 214 valence electrons. The molecular weight excluding hydrogens is 634 g/mol. The molecule has 3 unspecified atom stereocenters. The van der Waals surface area contributed by atoms with E-state index in [2.05, 4.69) is 5.32 Å². The average Bonchev–Trinajstić information content (AvgIpc) is 2.92. The van der Waals surface area contributed by atoms with Gasteiger partial charge in [-0.15, -0.1) is 0 Å². The number of aliphatic hydroxyl groups is 2.